The maximum absolute atomic E-state index is 13.7. The van der Waals surface area contributed by atoms with Crippen molar-refractivity contribution in [3.05, 3.63) is 65.6 Å². The summed E-state index contributed by atoms with van der Waals surface area (Å²) in [6.45, 7) is 2.86. The van der Waals surface area contributed by atoms with Gasteiger partial charge in [-0.05, 0) is 41.5 Å². The Bertz CT molecular complexity index is 1190. The van der Waals surface area contributed by atoms with Crippen LogP contribution in [0.5, 0.6) is 0 Å². The van der Waals surface area contributed by atoms with Crippen LogP contribution >= 0.6 is 0 Å². The summed E-state index contributed by atoms with van der Waals surface area (Å²) in [4.78, 5) is 14.3. The normalized spacial score (nSPS) is 17.7. The van der Waals surface area contributed by atoms with Crippen LogP contribution in [-0.2, 0) is 17.6 Å². The maximum Gasteiger partial charge on any atom is 0.228 e. The first-order chi connectivity index (χ1) is 15.6. The molecule has 0 amide bonds. The molecule has 1 saturated heterocycles. The van der Waals surface area contributed by atoms with Gasteiger partial charge in [0.15, 0.2) is 5.82 Å². The Morgan fingerprint density at radius 2 is 1.81 bits per heavy atom. The van der Waals surface area contributed by atoms with Crippen LogP contribution in [0, 0.1) is 17.1 Å². The predicted octanol–water partition coefficient (Wildman–Crippen LogP) is 3.22. The molecule has 0 bridgehead atoms. The molecule has 1 atom stereocenters. The number of nitrogens with zero attached hydrogens (tertiary/aromatic N) is 5. The largest absolute Gasteiger partial charge is 0.611 e. The summed E-state index contributed by atoms with van der Waals surface area (Å²) in [7, 11) is 0. The number of para-hydroxylation sites is 1. The molecule has 3 heterocycles. The predicted molar refractivity (Wildman–Crippen MR) is 122 cm³/mol. The Morgan fingerprint density at radius 1 is 1.03 bits per heavy atom. The van der Waals surface area contributed by atoms with Gasteiger partial charge < -0.3 is 19.7 Å². The first-order valence-electron chi connectivity index (χ1n) is 10.4. The fourth-order valence-electron chi connectivity index (χ4n) is 4.10. The number of nitriles is 1. The van der Waals surface area contributed by atoms with Crippen LogP contribution in [0.25, 0.3) is 0 Å². The van der Waals surface area contributed by atoms with Crippen molar-refractivity contribution in [3.63, 3.8) is 0 Å². The number of halogens is 1. The number of aryl methyl sites for hydroxylation is 1. The molecule has 0 aliphatic carbocycles. The standard InChI is InChI=1S/C23H21FN6OS/c24-17-5-3-6-18(14-17)26-22-21-19(8-13-32(21)31)27-23(28-22)30-11-9-29(10-12-30)20-7-2-1-4-16(20)15-25/h1-7,14H,8-13H2,(H,26,27,28). The Labute approximate surface area is 188 Å². The van der Waals surface area contributed by atoms with E-state index in [1.807, 2.05) is 24.3 Å². The first kappa shape index (κ1) is 20.5. The van der Waals surface area contributed by atoms with Gasteiger partial charge in [-0.15, -0.1) is 0 Å². The molecule has 162 valence electrons. The Balaban J connectivity index is 1.39. The molecule has 2 aliphatic rings. The fraction of sp³-hybridized carbons (Fsp3) is 0.261. The molecule has 2 aromatic carbocycles. The zero-order valence-electron chi connectivity index (χ0n) is 17.3. The highest BCUT2D eigenvalue weighted by Crippen LogP contribution is 2.34. The summed E-state index contributed by atoms with van der Waals surface area (Å²) >= 11 is -1.17. The molecule has 32 heavy (non-hydrogen) atoms. The molecule has 1 unspecified atom stereocenters. The number of benzene rings is 2. The van der Waals surface area contributed by atoms with Gasteiger partial charge in [-0.25, -0.2) is 9.37 Å². The summed E-state index contributed by atoms with van der Waals surface area (Å²) in [6, 6.07) is 16.0. The van der Waals surface area contributed by atoms with E-state index >= 15 is 0 Å². The summed E-state index contributed by atoms with van der Waals surface area (Å²) in [5.74, 6) is 1.22. The summed E-state index contributed by atoms with van der Waals surface area (Å²) in [5.41, 5.74) is 2.94. The number of nitrogens with one attached hydrogen (secondary N) is 1. The van der Waals surface area contributed by atoms with E-state index in [4.69, 9.17) is 9.97 Å². The average Bonchev–Trinajstić information content (AvgIpc) is 3.20. The fourth-order valence-corrected chi connectivity index (χ4v) is 5.41. The molecule has 0 radical (unpaired) electrons. The average molecular weight is 449 g/mol. The molecule has 0 spiro atoms. The van der Waals surface area contributed by atoms with E-state index in [-0.39, 0.29) is 5.82 Å². The third kappa shape index (κ3) is 3.95. The summed E-state index contributed by atoms with van der Waals surface area (Å²) < 4.78 is 26.2. The lowest BCUT2D eigenvalue weighted by atomic mass is 10.1. The molecular weight excluding hydrogens is 427 g/mol. The molecule has 7 nitrogen and oxygen atoms in total. The van der Waals surface area contributed by atoms with E-state index in [0.29, 0.717) is 53.2 Å². The van der Waals surface area contributed by atoms with E-state index in [1.165, 1.54) is 12.1 Å². The Kier molecular flexibility index (Phi) is 5.55. The summed E-state index contributed by atoms with van der Waals surface area (Å²) in [5, 5.41) is 12.5. The smallest absolute Gasteiger partial charge is 0.228 e. The maximum atomic E-state index is 13.7. The number of fused-ring (bicyclic) bond motifs is 1. The van der Waals surface area contributed by atoms with E-state index in [9.17, 15) is 14.2 Å². The van der Waals surface area contributed by atoms with Gasteiger partial charge >= 0.3 is 0 Å². The van der Waals surface area contributed by atoms with Crippen molar-refractivity contribution in [3.8, 4) is 6.07 Å². The first-order valence-corrected chi connectivity index (χ1v) is 11.7. The third-order valence-corrected chi connectivity index (χ3v) is 7.15. The molecule has 2 aliphatic heterocycles. The lowest BCUT2D eigenvalue weighted by Gasteiger charge is -2.36. The number of piperazine rings is 1. The van der Waals surface area contributed by atoms with E-state index in [0.717, 1.165) is 24.5 Å². The topological polar surface area (TPSA) is 91.1 Å². The van der Waals surface area contributed by atoms with Crippen LogP contribution in [0.4, 0.5) is 27.5 Å². The highest BCUT2D eigenvalue weighted by Gasteiger charge is 2.33. The van der Waals surface area contributed by atoms with Crippen molar-refractivity contribution in [2.75, 3.05) is 47.0 Å². The van der Waals surface area contributed by atoms with E-state index in [2.05, 4.69) is 21.2 Å². The van der Waals surface area contributed by atoms with Crippen molar-refractivity contribution in [1.82, 2.24) is 9.97 Å². The van der Waals surface area contributed by atoms with Gasteiger partial charge in [-0.1, -0.05) is 18.2 Å². The van der Waals surface area contributed by atoms with Crippen LogP contribution in [0.2, 0.25) is 0 Å². The number of hydrogen-bond acceptors (Lipinski definition) is 7. The van der Waals surface area contributed by atoms with Crippen molar-refractivity contribution in [2.24, 2.45) is 0 Å². The van der Waals surface area contributed by atoms with Crippen LogP contribution in [0.3, 0.4) is 0 Å². The Morgan fingerprint density at radius 3 is 2.59 bits per heavy atom. The zero-order valence-corrected chi connectivity index (χ0v) is 18.1. The van der Waals surface area contributed by atoms with E-state index < -0.39 is 11.2 Å². The van der Waals surface area contributed by atoms with Crippen molar-refractivity contribution < 1.29 is 8.94 Å². The third-order valence-electron chi connectivity index (χ3n) is 5.69. The highest BCUT2D eigenvalue weighted by molar-refractivity contribution is 7.91. The minimum absolute atomic E-state index is 0.351. The number of hydrogen-bond donors (Lipinski definition) is 1. The minimum Gasteiger partial charge on any atom is -0.611 e. The van der Waals surface area contributed by atoms with Gasteiger partial charge in [0, 0.05) is 38.3 Å². The lowest BCUT2D eigenvalue weighted by Crippen LogP contribution is -2.47. The monoisotopic (exact) mass is 448 g/mol. The molecule has 1 aromatic heterocycles. The second kappa shape index (κ2) is 8.65. The molecule has 9 heteroatoms. The van der Waals surface area contributed by atoms with Gasteiger partial charge in [-0.3, -0.25) is 0 Å². The van der Waals surface area contributed by atoms with E-state index in [1.54, 1.807) is 12.1 Å². The molecule has 1 N–H and O–H groups in total. The minimum atomic E-state index is -1.17. The van der Waals surface area contributed by atoms with Gasteiger partial charge in [0.2, 0.25) is 10.8 Å². The Hall–Kier alpha value is -3.35. The second-order valence-corrected chi connectivity index (χ2v) is 9.19. The van der Waals surface area contributed by atoms with Gasteiger partial charge in [0.05, 0.1) is 11.3 Å². The highest BCUT2D eigenvalue weighted by atomic mass is 32.2. The van der Waals surface area contributed by atoms with Gasteiger partial charge in [0.25, 0.3) is 0 Å². The molecule has 0 saturated carbocycles. The number of rotatable bonds is 4. The van der Waals surface area contributed by atoms with Crippen LogP contribution < -0.4 is 15.1 Å². The molecular formula is C23H21FN6OS. The molecule has 1 fully saturated rings. The molecule has 5 rings (SSSR count). The quantitative estimate of drug-likeness (QED) is 0.613. The second-order valence-electron chi connectivity index (χ2n) is 7.69. The van der Waals surface area contributed by atoms with Crippen molar-refractivity contribution in [2.45, 2.75) is 11.3 Å². The van der Waals surface area contributed by atoms with Crippen LogP contribution in [0.1, 0.15) is 11.3 Å². The van der Waals surface area contributed by atoms with Crippen molar-refractivity contribution in [1.29, 1.82) is 5.26 Å². The van der Waals surface area contributed by atoms with Crippen LogP contribution in [0.15, 0.2) is 53.4 Å². The zero-order chi connectivity index (χ0) is 22.1. The number of aromatic nitrogens is 2. The SMILES string of the molecule is N#Cc1ccccc1N1CCN(c2nc3c(c(Nc4cccc(F)c4)n2)[S+]([O-])CC3)CC1. The van der Waals surface area contributed by atoms with Crippen molar-refractivity contribution >= 4 is 34.3 Å². The molecule has 3 aromatic rings. The number of anilines is 4. The lowest BCUT2D eigenvalue weighted by molar-refractivity contribution is 0.598. The van der Waals surface area contributed by atoms with Crippen LogP contribution in [-0.4, -0.2) is 46.5 Å². The summed E-state index contributed by atoms with van der Waals surface area (Å²) in [6.07, 6.45) is 0.630. The van der Waals surface area contributed by atoms with Gasteiger partial charge in [0.1, 0.15) is 23.3 Å². The van der Waals surface area contributed by atoms with Gasteiger partial charge in [-0.2, -0.15) is 10.2 Å².